The Morgan fingerprint density at radius 1 is 1.33 bits per heavy atom. The number of amides is 1. The highest BCUT2D eigenvalue weighted by atomic mass is 32.2. The lowest BCUT2D eigenvalue weighted by Crippen LogP contribution is -2.30. The normalized spacial score (nSPS) is 15.2. The van der Waals surface area contributed by atoms with Crippen molar-refractivity contribution < 1.29 is 4.79 Å². The predicted octanol–water partition coefficient (Wildman–Crippen LogP) is 3.67. The fraction of sp³-hybridized carbons (Fsp3) is 0.500. The highest BCUT2D eigenvalue weighted by Gasteiger charge is 2.30. The number of nitrogens with zero attached hydrogens (tertiary/aromatic N) is 2. The van der Waals surface area contributed by atoms with Crippen LogP contribution in [0.15, 0.2) is 18.2 Å². The fourth-order valence-electron chi connectivity index (χ4n) is 2.62. The highest BCUT2D eigenvalue weighted by Crippen LogP contribution is 2.35. The van der Waals surface area contributed by atoms with E-state index >= 15 is 0 Å². The minimum Gasteiger partial charge on any atom is -0.372 e. The molecule has 1 amide bonds. The number of rotatable bonds is 5. The lowest BCUT2D eigenvalue weighted by atomic mass is 9.99. The molecule has 0 saturated carbocycles. The molecule has 1 heterocycles. The van der Waals surface area contributed by atoms with E-state index < -0.39 is 0 Å². The van der Waals surface area contributed by atoms with Gasteiger partial charge in [-0.1, -0.05) is 31.7 Å². The van der Waals surface area contributed by atoms with Gasteiger partial charge in [0.1, 0.15) is 0 Å². The van der Waals surface area contributed by atoms with E-state index in [9.17, 15) is 4.79 Å². The number of amidine groups is 1. The Morgan fingerprint density at radius 3 is 2.48 bits per heavy atom. The van der Waals surface area contributed by atoms with Crippen molar-refractivity contribution in [3.63, 3.8) is 0 Å². The molecule has 0 aromatic heterocycles. The van der Waals surface area contributed by atoms with Crippen LogP contribution in [-0.4, -0.2) is 29.9 Å². The Labute approximate surface area is 131 Å². The van der Waals surface area contributed by atoms with E-state index in [2.05, 4.69) is 50.8 Å². The maximum atomic E-state index is 12.1. The van der Waals surface area contributed by atoms with Gasteiger partial charge in [0.05, 0.1) is 11.4 Å². The maximum absolute atomic E-state index is 12.1. The number of anilines is 2. The van der Waals surface area contributed by atoms with Crippen LogP contribution in [0, 0.1) is 5.41 Å². The van der Waals surface area contributed by atoms with Gasteiger partial charge in [-0.15, -0.1) is 0 Å². The Kier molecular flexibility index (Phi) is 4.93. The molecule has 0 radical (unpaired) electrons. The van der Waals surface area contributed by atoms with E-state index in [1.54, 1.807) is 4.90 Å². The van der Waals surface area contributed by atoms with Gasteiger partial charge in [0.2, 0.25) is 5.91 Å². The number of benzene rings is 1. The van der Waals surface area contributed by atoms with Crippen molar-refractivity contribution in [1.82, 2.24) is 0 Å². The topological polar surface area (TPSA) is 47.4 Å². The summed E-state index contributed by atoms with van der Waals surface area (Å²) in [6.07, 6.45) is 0. The summed E-state index contributed by atoms with van der Waals surface area (Å²) in [6.45, 7) is 10.3. The smallest absolute Gasteiger partial charge is 0.243 e. The Balaban J connectivity index is 2.52. The van der Waals surface area contributed by atoms with E-state index in [-0.39, 0.29) is 5.91 Å². The van der Waals surface area contributed by atoms with E-state index in [1.807, 2.05) is 0 Å². The van der Waals surface area contributed by atoms with Crippen LogP contribution in [-0.2, 0) is 4.79 Å². The summed E-state index contributed by atoms with van der Waals surface area (Å²) in [6, 6.07) is 6.26. The molecule has 1 aliphatic rings. The number of carbonyl (C=O) groups excluding carboxylic acids is 1. The zero-order valence-electron chi connectivity index (χ0n) is 13.1. The molecule has 1 saturated heterocycles. The van der Waals surface area contributed by atoms with Crippen molar-refractivity contribution in [2.75, 3.05) is 28.6 Å². The van der Waals surface area contributed by atoms with Gasteiger partial charge >= 0.3 is 0 Å². The Bertz CT molecular complexity index is 536. The van der Waals surface area contributed by atoms with Crippen molar-refractivity contribution in [3.8, 4) is 0 Å². The molecule has 1 fully saturated rings. The van der Waals surface area contributed by atoms with E-state index in [0.29, 0.717) is 16.8 Å². The van der Waals surface area contributed by atoms with Crippen molar-refractivity contribution in [2.24, 2.45) is 0 Å². The first-order valence-electron chi connectivity index (χ1n) is 7.42. The minimum atomic E-state index is 0.00333. The summed E-state index contributed by atoms with van der Waals surface area (Å²) in [5, 5.41) is 8.37. The van der Waals surface area contributed by atoms with Crippen molar-refractivity contribution in [3.05, 3.63) is 23.8 Å². The van der Waals surface area contributed by atoms with E-state index in [0.717, 1.165) is 30.0 Å². The first-order valence-corrected chi connectivity index (χ1v) is 8.41. The Hall–Kier alpha value is -1.49. The standard InChI is InChI=1S/C16H23N3OS/c1-5-18(6-2)12-7-8-13(11(3)4)14(9-12)19-15(20)10-21-16(19)17/h7-9,11,17H,5-6,10H2,1-4H3. The first kappa shape index (κ1) is 15.9. The molecule has 1 aliphatic heterocycles. The summed E-state index contributed by atoms with van der Waals surface area (Å²) in [5.74, 6) is 0.687. The van der Waals surface area contributed by atoms with Crippen LogP contribution in [0.4, 0.5) is 11.4 Å². The fourth-order valence-corrected chi connectivity index (χ4v) is 3.33. The van der Waals surface area contributed by atoms with Crippen LogP contribution in [0.3, 0.4) is 0 Å². The summed E-state index contributed by atoms with van der Waals surface area (Å²) in [4.78, 5) is 15.9. The van der Waals surface area contributed by atoms with Gasteiger partial charge in [0, 0.05) is 18.8 Å². The van der Waals surface area contributed by atoms with Gasteiger partial charge in [0.25, 0.3) is 0 Å². The molecule has 0 spiro atoms. The second kappa shape index (κ2) is 6.52. The van der Waals surface area contributed by atoms with Crippen LogP contribution in [0.5, 0.6) is 0 Å². The minimum absolute atomic E-state index is 0.00333. The molecule has 0 aliphatic carbocycles. The number of hydrogen-bond acceptors (Lipinski definition) is 4. The van der Waals surface area contributed by atoms with Gasteiger partial charge in [-0.05, 0) is 37.5 Å². The molecule has 1 aromatic rings. The molecular weight excluding hydrogens is 282 g/mol. The monoisotopic (exact) mass is 305 g/mol. The number of thioether (sulfide) groups is 1. The largest absolute Gasteiger partial charge is 0.372 e. The molecule has 1 aromatic carbocycles. The van der Waals surface area contributed by atoms with Crippen LogP contribution in [0.1, 0.15) is 39.2 Å². The lowest BCUT2D eigenvalue weighted by molar-refractivity contribution is -0.115. The molecule has 21 heavy (non-hydrogen) atoms. The van der Waals surface area contributed by atoms with Crippen LogP contribution < -0.4 is 9.80 Å². The van der Waals surface area contributed by atoms with Gasteiger partial charge in [-0.25, -0.2) is 0 Å². The third-order valence-electron chi connectivity index (χ3n) is 3.79. The molecule has 0 atom stereocenters. The van der Waals surface area contributed by atoms with Gasteiger partial charge in [-0.2, -0.15) is 0 Å². The predicted molar refractivity (Wildman–Crippen MR) is 91.8 cm³/mol. The summed E-state index contributed by atoms with van der Waals surface area (Å²) >= 11 is 1.30. The molecule has 0 unspecified atom stereocenters. The zero-order valence-corrected chi connectivity index (χ0v) is 14.0. The summed E-state index contributed by atoms with van der Waals surface area (Å²) in [5.41, 5.74) is 3.10. The average molecular weight is 305 g/mol. The quantitative estimate of drug-likeness (QED) is 0.903. The average Bonchev–Trinajstić information content (AvgIpc) is 2.79. The maximum Gasteiger partial charge on any atom is 0.243 e. The molecule has 114 valence electrons. The molecule has 1 N–H and O–H groups in total. The van der Waals surface area contributed by atoms with Gasteiger partial charge < -0.3 is 4.90 Å². The molecular formula is C16H23N3OS. The van der Waals surface area contributed by atoms with Crippen molar-refractivity contribution in [1.29, 1.82) is 5.41 Å². The van der Waals surface area contributed by atoms with Gasteiger partial charge in [0.15, 0.2) is 5.17 Å². The van der Waals surface area contributed by atoms with E-state index in [1.165, 1.54) is 11.8 Å². The van der Waals surface area contributed by atoms with Crippen LogP contribution in [0.25, 0.3) is 0 Å². The molecule has 0 bridgehead atoms. The third kappa shape index (κ3) is 3.07. The number of nitrogens with one attached hydrogen (secondary N) is 1. The second-order valence-electron chi connectivity index (χ2n) is 5.39. The highest BCUT2D eigenvalue weighted by molar-refractivity contribution is 8.15. The van der Waals surface area contributed by atoms with E-state index in [4.69, 9.17) is 5.41 Å². The third-order valence-corrected chi connectivity index (χ3v) is 4.64. The molecule has 2 rings (SSSR count). The molecule has 5 heteroatoms. The van der Waals surface area contributed by atoms with Crippen LogP contribution in [0.2, 0.25) is 0 Å². The van der Waals surface area contributed by atoms with Crippen molar-refractivity contribution >= 4 is 34.2 Å². The Morgan fingerprint density at radius 2 is 2.00 bits per heavy atom. The summed E-state index contributed by atoms with van der Waals surface area (Å²) in [7, 11) is 0. The molecule has 4 nitrogen and oxygen atoms in total. The van der Waals surface area contributed by atoms with Gasteiger partial charge in [-0.3, -0.25) is 15.1 Å². The zero-order chi connectivity index (χ0) is 15.6. The number of hydrogen-bond donors (Lipinski definition) is 1. The van der Waals surface area contributed by atoms with Crippen LogP contribution >= 0.6 is 11.8 Å². The number of carbonyl (C=O) groups is 1. The summed E-state index contributed by atoms with van der Waals surface area (Å²) < 4.78 is 0. The first-order chi connectivity index (χ1) is 9.99. The van der Waals surface area contributed by atoms with Crippen molar-refractivity contribution in [2.45, 2.75) is 33.6 Å². The lowest BCUT2D eigenvalue weighted by Gasteiger charge is -2.26. The second-order valence-corrected chi connectivity index (χ2v) is 6.36. The SMILES string of the molecule is CCN(CC)c1ccc(C(C)C)c(N2C(=N)SCC2=O)c1.